The lowest BCUT2D eigenvalue weighted by molar-refractivity contribution is -0.144. The molecule has 0 bridgehead atoms. The molecular formula is C24H33N3O4. The molecule has 1 aliphatic heterocycles. The largest absolute Gasteiger partial charge is 0.394 e. The SMILES string of the molecule is CNC(=O)[C@H]1[C@@H]2C(=O)N([C@@H](CO)C(C)C)[C@H](C(=O)NCc3ccccc3)[C@H]2C=C[C@H]1C. The fourth-order valence-electron chi connectivity index (χ4n) is 4.97. The quantitative estimate of drug-likeness (QED) is 0.572. The van der Waals surface area contributed by atoms with Gasteiger partial charge in [0.2, 0.25) is 17.7 Å². The minimum atomic E-state index is -0.767. The second-order valence-electron chi connectivity index (χ2n) is 8.87. The van der Waals surface area contributed by atoms with Gasteiger partial charge in [-0.15, -0.1) is 0 Å². The molecule has 6 atom stereocenters. The van der Waals surface area contributed by atoms with Crippen molar-refractivity contribution in [3.05, 3.63) is 48.0 Å². The van der Waals surface area contributed by atoms with Crippen LogP contribution in [0.1, 0.15) is 26.3 Å². The van der Waals surface area contributed by atoms with Crippen LogP contribution in [0, 0.1) is 29.6 Å². The van der Waals surface area contributed by atoms with Crippen LogP contribution in [0.25, 0.3) is 0 Å². The van der Waals surface area contributed by atoms with Crippen LogP contribution in [0.2, 0.25) is 0 Å². The summed E-state index contributed by atoms with van der Waals surface area (Å²) in [6, 6.07) is 8.31. The first kappa shape index (κ1) is 23.0. The Morgan fingerprint density at radius 1 is 1.13 bits per heavy atom. The van der Waals surface area contributed by atoms with Gasteiger partial charge in [0.05, 0.1) is 24.5 Å². The molecule has 1 fully saturated rings. The number of carbonyl (C=O) groups excluding carboxylic acids is 3. The van der Waals surface area contributed by atoms with Gasteiger partial charge in [-0.05, 0) is 17.4 Å². The van der Waals surface area contributed by atoms with Crippen LogP contribution in [0.4, 0.5) is 0 Å². The highest BCUT2D eigenvalue weighted by Gasteiger charge is 2.58. The summed E-state index contributed by atoms with van der Waals surface area (Å²) in [5.41, 5.74) is 0.960. The van der Waals surface area contributed by atoms with E-state index < -0.39 is 29.8 Å². The van der Waals surface area contributed by atoms with Crippen LogP contribution >= 0.6 is 0 Å². The third kappa shape index (κ3) is 4.37. The molecule has 31 heavy (non-hydrogen) atoms. The molecule has 3 amide bonds. The predicted octanol–water partition coefficient (Wildman–Crippen LogP) is 1.33. The molecule has 168 valence electrons. The fourth-order valence-corrected chi connectivity index (χ4v) is 4.97. The van der Waals surface area contributed by atoms with E-state index in [2.05, 4.69) is 10.6 Å². The Morgan fingerprint density at radius 2 is 1.81 bits per heavy atom. The first-order valence-corrected chi connectivity index (χ1v) is 11.0. The Hall–Kier alpha value is -2.67. The summed E-state index contributed by atoms with van der Waals surface area (Å²) in [4.78, 5) is 41.2. The standard InChI is InChI=1S/C24H33N3O4/c1-14(2)18(13-28)27-21(23(30)26-12-16-8-6-5-7-9-16)17-11-10-15(3)19(22(29)25-4)20(17)24(27)31/h5-11,14-15,17-21,28H,12-13H2,1-4H3,(H,25,29)(H,26,30)/t15-,17+,18+,19-,20-,21+/m1/s1. The molecule has 1 heterocycles. The number of nitrogens with zero attached hydrogens (tertiary/aromatic N) is 1. The van der Waals surface area contributed by atoms with Gasteiger partial charge in [-0.25, -0.2) is 0 Å². The Labute approximate surface area is 183 Å². The third-order valence-electron chi connectivity index (χ3n) is 6.65. The molecule has 0 saturated carbocycles. The Balaban J connectivity index is 1.96. The molecular weight excluding hydrogens is 394 g/mol. The number of hydrogen-bond acceptors (Lipinski definition) is 4. The van der Waals surface area contributed by atoms with Crippen molar-refractivity contribution in [2.45, 2.75) is 39.4 Å². The Morgan fingerprint density at radius 3 is 2.39 bits per heavy atom. The number of rotatable bonds is 7. The number of fused-ring (bicyclic) bond motifs is 1. The summed E-state index contributed by atoms with van der Waals surface area (Å²) >= 11 is 0. The van der Waals surface area contributed by atoms with Crippen molar-refractivity contribution in [3.8, 4) is 0 Å². The number of amides is 3. The van der Waals surface area contributed by atoms with Gasteiger partial charge < -0.3 is 20.6 Å². The highest BCUT2D eigenvalue weighted by molar-refractivity contribution is 5.97. The van der Waals surface area contributed by atoms with Gasteiger partial charge in [0, 0.05) is 19.5 Å². The third-order valence-corrected chi connectivity index (χ3v) is 6.65. The van der Waals surface area contributed by atoms with E-state index in [1.165, 1.54) is 0 Å². The van der Waals surface area contributed by atoms with Gasteiger partial charge in [0.1, 0.15) is 6.04 Å². The zero-order valence-corrected chi connectivity index (χ0v) is 18.6. The minimum absolute atomic E-state index is 0.0432. The number of hydrogen-bond donors (Lipinski definition) is 3. The van der Waals surface area contributed by atoms with Crippen molar-refractivity contribution in [1.82, 2.24) is 15.5 Å². The number of likely N-dealkylation sites (tertiary alicyclic amines) is 1. The van der Waals surface area contributed by atoms with Crippen LogP contribution < -0.4 is 10.6 Å². The summed E-state index contributed by atoms with van der Waals surface area (Å²) in [7, 11) is 1.56. The average Bonchev–Trinajstić information content (AvgIpc) is 3.05. The van der Waals surface area contributed by atoms with Crippen molar-refractivity contribution >= 4 is 17.7 Å². The number of nitrogens with one attached hydrogen (secondary N) is 2. The van der Waals surface area contributed by atoms with Crippen LogP contribution in [-0.4, -0.2) is 53.5 Å². The van der Waals surface area contributed by atoms with Gasteiger partial charge in [-0.3, -0.25) is 14.4 Å². The summed E-state index contributed by atoms with van der Waals surface area (Å²) in [5, 5.41) is 15.7. The molecule has 0 radical (unpaired) electrons. The maximum atomic E-state index is 13.6. The molecule has 1 saturated heterocycles. The first-order valence-electron chi connectivity index (χ1n) is 11.0. The van der Waals surface area contributed by atoms with Crippen LogP contribution in [-0.2, 0) is 20.9 Å². The van der Waals surface area contributed by atoms with E-state index >= 15 is 0 Å². The van der Waals surface area contributed by atoms with Crippen molar-refractivity contribution in [2.24, 2.45) is 29.6 Å². The normalized spacial score (nSPS) is 28.4. The van der Waals surface area contributed by atoms with Crippen molar-refractivity contribution in [1.29, 1.82) is 0 Å². The van der Waals surface area contributed by atoms with Gasteiger partial charge in [-0.2, -0.15) is 0 Å². The number of benzene rings is 1. The van der Waals surface area contributed by atoms with E-state index in [0.717, 1.165) is 5.56 Å². The molecule has 7 nitrogen and oxygen atoms in total. The second-order valence-corrected chi connectivity index (χ2v) is 8.87. The van der Waals surface area contributed by atoms with Crippen molar-refractivity contribution in [2.75, 3.05) is 13.7 Å². The summed E-state index contributed by atoms with van der Waals surface area (Å²) in [5.74, 6) is -2.46. The molecule has 1 aromatic carbocycles. The van der Waals surface area contributed by atoms with Gasteiger partial charge >= 0.3 is 0 Å². The zero-order valence-electron chi connectivity index (χ0n) is 18.6. The lowest BCUT2D eigenvalue weighted by Crippen LogP contribution is -2.53. The van der Waals surface area contributed by atoms with E-state index in [0.29, 0.717) is 6.54 Å². The summed E-state index contributed by atoms with van der Waals surface area (Å²) < 4.78 is 0. The second kappa shape index (κ2) is 9.64. The lowest BCUT2D eigenvalue weighted by atomic mass is 9.70. The molecule has 0 spiro atoms. The molecule has 3 rings (SSSR count). The molecule has 2 aliphatic rings. The lowest BCUT2D eigenvalue weighted by Gasteiger charge is -2.35. The van der Waals surface area contributed by atoms with Gasteiger partial charge in [0.15, 0.2) is 0 Å². The van der Waals surface area contributed by atoms with Crippen molar-refractivity contribution in [3.63, 3.8) is 0 Å². The molecule has 7 heteroatoms. The van der Waals surface area contributed by atoms with Crippen LogP contribution in [0.3, 0.4) is 0 Å². The van der Waals surface area contributed by atoms with Crippen molar-refractivity contribution < 1.29 is 19.5 Å². The number of carbonyl (C=O) groups is 3. The maximum Gasteiger partial charge on any atom is 0.243 e. The topological polar surface area (TPSA) is 98.7 Å². The molecule has 0 aromatic heterocycles. The minimum Gasteiger partial charge on any atom is -0.394 e. The van der Waals surface area contributed by atoms with E-state index in [-0.39, 0.29) is 36.2 Å². The molecule has 1 aromatic rings. The molecule has 0 unspecified atom stereocenters. The van der Waals surface area contributed by atoms with E-state index in [1.807, 2.05) is 63.3 Å². The number of aliphatic hydroxyl groups is 1. The summed E-state index contributed by atoms with van der Waals surface area (Å²) in [6.45, 7) is 5.86. The van der Waals surface area contributed by atoms with Crippen LogP contribution in [0.5, 0.6) is 0 Å². The van der Waals surface area contributed by atoms with Gasteiger partial charge in [-0.1, -0.05) is 63.3 Å². The average molecular weight is 428 g/mol. The predicted molar refractivity (Wildman–Crippen MR) is 117 cm³/mol. The van der Waals surface area contributed by atoms with E-state index in [9.17, 15) is 19.5 Å². The molecule has 3 N–H and O–H groups in total. The smallest absolute Gasteiger partial charge is 0.243 e. The highest BCUT2D eigenvalue weighted by atomic mass is 16.3. The maximum absolute atomic E-state index is 13.6. The fraction of sp³-hybridized carbons (Fsp3) is 0.542. The van der Waals surface area contributed by atoms with E-state index in [4.69, 9.17) is 0 Å². The monoisotopic (exact) mass is 427 g/mol. The summed E-state index contributed by atoms with van der Waals surface area (Å²) in [6.07, 6.45) is 3.84. The zero-order chi connectivity index (χ0) is 22.7. The number of aliphatic hydroxyl groups excluding tert-OH is 1. The Bertz CT molecular complexity index is 838. The van der Waals surface area contributed by atoms with E-state index in [1.54, 1.807) is 11.9 Å². The Kier molecular flexibility index (Phi) is 7.15. The van der Waals surface area contributed by atoms with Gasteiger partial charge in [0.25, 0.3) is 0 Å². The van der Waals surface area contributed by atoms with Crippen LogP contribution in [0.15, 0.2) is 42.5 Å². The highest BCUT2D eigenvalue weighted by Crippen LogP contribution is 2.45. The number of allylic oxidation sites excluding steroid dienone is 1. The first-order chi connectivity index (χ1) is 14.8. The molecule has 1 aliphatic carbocycles.